The molecule has 1 unspecified atom stereocenters. The highest BCUT2D eigenvalue weighted by molar-refractivity contribution is 8.15. The maximum Gasteiger partial charge on any atom is 0.238 e. The minimum absolute atomic E-state index is 0.0869. The van der Waals surface area contributed by atoms with Crippen LogP contribution in [0.15, 0.2) is 47.5 Å². The zero-order valence-corrected chi connectivity index (χ0v) is 18.1. The fourth-order valence-corrected chi connectivity index (χ4v) is 4.47. The number of hydrogen-bond acceptors (Lipinski definition) is 5. The summed E-state index contributed by atoms with van der Waals surface area (Å²) in [6, 6.07) is 12.0. The van der Waals surface area contributed by atoms with Gasteiger partial charge in [-0.15, -0.1) is 0 Å². The lowest BCUT2D eigenvalue weighted by atomic mass is 10.2. The van der Waals surface area contributed by atoms with Crippen molar-refractivity contribution in [3.63, 3.8) is 0 Å². The van der Waals surface area contributed by atoms with Crippen LogP contribution in [0, 0.1) is 0 Å². The number of carbonyl (C=O) groups excluding carboxylic acids is 2. The normalized spacial score (nSPS) is 18.1. The van der Waals surface area contributed by atoms with Crippen molar-refractivity contribution in [2.24, 2.45) is 4.99 Å². The second kappa shape index (κ2) is 9.52. The molecule has 0 aromatic heterocycles. The summed E-state index contributed by atoms with van der Waals surface area (Å²) in [4.78, 5) is 31.5. The monoisotopic (exact) mass is 451 g/mol. The standard InChI is InChI=1S/C20H19Cl2N3O3S/c1-3-25-18(26)11-17(19(27)23-14-5-4-6-16(10-14)28-2)29-20(25)24-15-8-12(21)7-13(22)9-15/h4-10,17H,3,11H2,1-2H3,(H,23,27). The number of methoxy groups -OCH3 is 1. The van der Waals surface area contributed by atoms with E-state index in [-0.39, 0.29) is 18.2 Å². The summed E-state index contributed by atoms with van der Waals surface area (Å²) in [5, 5.41) is 3.55. The topological polar surface area (TPSA) is 71.0 Å². The number of amidine groups is 1. The van der Waals surface area contributed by atoms with Gasteiger partial charge in [0.1, 0.15) is 11.0 Å². The molecule has 0 bridgehead atoms. The number of aliphatic imine (C=N–C) groups is 1. The highest BCUT2D eigenvalue weighted by Gasteiger charge is 2.35. The molecule has 1 saturated heterocycles. The number of halogens is 2. The Morgan fingerprint density at radius 3 is 2.66 bits per heavy atom. The van der Waals surface area contributed by atoms with Crippen LogP contribution in [0.5, 0.6) is 5.75 Å². The number of nitrogens with zero attached hydrogens (tertiary/aromatic N) is 2. The minimum Gasteiger partial charge on any atom is -0.497 e. The first-order chi connectivity index (χ1) is 13.9. The SMILES string of the molecule is CCN1C(=O)CC(C(=O)Nc2cccc(OC)c2)SC1=Nc1cc(Cl)cc(Cl)c1. The molecule has 9 heteroatoms. The first-order valence-electron chi connectivity index (χ1n) is 8.86. The Bertz CT molecular complexity index is 947. The van der Waals surface area contributed by atoms with Crippen LogP contribution in [0.1, 0.15) is 13.3 Å². The average Bonchev–Trinajstić information content (AvgIpc) is 2.67. The predicted octanol–water partition coefficient (Wildman–Crippen LogP) is 4.98. The van der Waals surface area contributed by atoms with Crippen LogP contribution in [0.4, 0.5) is 11.4 Å². The molecular weight excluding hydrogens is 433 g/mol. The molecule has 2 aromatic carbocycles. The van der Waals surface area contributed by atoms with E-state index in [1.807, 2.05) is 6.92 Å². The van der Waals surface area contributed by atoms with Gasteiger partial charge in [-0.3, -0.25) is 14.5 Å². The summed E-state index contributed by atoms with van der Waals surface area (Å²) in [7, 11) is 1.56. The van der Waals surface area contributed by atoms with Gasteiger partial charge in [0.15, 0.2) is 5.17 Å². The molecule has 0 spiro atoms. The van der Waals surface area contributed by atoms with Crippen LogP contribution in [-0.4, -0.2) is 40.8 Å². The molecule has 152 valence electrons. The minimum atomic E-state index is -0.607. The van der Waals surface area contributed by atoms with Gasteiger partial charge in [-0.1, -0.05) is 41.0 Å². The number of anilines is 1. The average molecular weight is 452 g/mol. The second-order valence-electron chi connectivity index (χ2n) is 6.19. The van der Waals surface area contributed by atoms with Crippen molar-refractivity contribution in [2.45, 2.75) is 18.6 Å². The number of hydrogen-bond donors (Lipinski definition) is 1. The van der Waals surface area contributed by atoms with Gasteiger partial charge >= 0.3 is 0 Å². The van der Waals surface area contributed by atoms with Crippen molar-refractivity contribution in [2.75, 3.05) is 19.0 Å². The number of rotatable bonds is 5. The van der Waals surface area contributed by atoms with Crippen LogP contribution >= 0.6 is 35.0 Å². The molecule has 1 N–H and O–H groups in total. The van der Waals surface area contributed by atoms with Crippen molar-refractivity contribution in [3.05, 3.63) is 52.5 Å². The molecule has 2 aromatic rings. The van der Waals surface area contributed by atoms with Gasteiger partial charge in [0.2, 0.25) is 11.8 Å². The molecule has 0 radical (unpaired) electrons. The third-order valence-corrected chi connectivity index (χ3v) is 5.78. The Morgan fingerprint density at radius 2 is 2.00 bits per heavy atom. The van der Waals surface area contributed by atoms with E-state index in [0.29, 0.717) is 38.9 Å². The van der Waals surface area contributed by atoms with E-state index in [4.69, 9.17) is 27.9 Å². The first-order valence-corrected chi connectivity index (χ1v) is 10.5. The van der Waals surface area contributed by atoms with Crippen LogP contribution in [0.3, 0.4) is 0 Å². The number of ether oxygens (including phenoxy) is 1. The highest BCUT2D eigenvalue weighted by Crippen LogP contribution is 2.32. The zero-order valence-electron chi connectivity index (χ0n) is 15.8. The van der Waals surface area contributed by atoms with Gasteiger partial charge in [-0.05, 0) is 37.3 Å². The smallest absolute Gasteiger partial charge is 0.238 e. The number of benzene rings is 2. The van der Waals surface area contributed by atoms with Crippen molar-refractivity contribution in [1.82, 2.24) is 4.90 Å². The first kappa shape index (κ1) is 21.5. The molecule has 0 saturated carbocycles. The molecule has 3 rings (SSSR count). The summed E-state index contributed by atoms with van der Waals surface area (Å²) in [6.07, 6.45) is 0.0869. The highest BCUT2D eigenvalue weighted by atomic mass is 35.5. The van der Waals surface area contributed by atoms with Crippen molar-refractivity contribution >= 4 is 63.3 Å². The molecule has 1 fully saturated rings. The maximum atomic E-state index is 12.8. The number of nitrogens with one attached hydrogen (secondary N) is 1. The lowest BCUT2D eigenvalue weighted by Crippen LogP contribution is -2.45. The zero-order chi connectivity index (χ0) is 21.0. The predicted molar refractivity (Wildman–Crippen MR) is 119 cm³/mol. The van der Waals surface area contributed by atoms with Crippen LogP contribution in [0.25, 0.3) is 0 Å². The molecule has 1 aliphatic rings. The molecule has 1 atom stereocenters. The molecular formula is C20H19Cl2N3O3S. The van der Waals surface area contributed by atoms with Gasteiger partial charge in [0, 0.05) is 34.8 Å². The van der Waals surface area contributed by atoms with Crippen molar-refractivity contribution in [1.29, 1.82) is 0 Å². The molecule has 29 heavy (non-hydrogen) atoms. The summed E-state index contributed by atoms with van der Waals surface area (Å²) in [5.41, 5.74) is 1.12. The van der Waals surface area contributed by atoms with Gasteiger partial charge < -0.3 is 10.1 Å². The Balaban J connectivity index is 1.83. The Morgan fingerprint density at radius 1 is 1.28 bits per heavy atom. The Kier molecular flexibility index (Phi) is 7.05. The van der Waals surface area contributed by atoms with Crippen LogP contribution < -0.4 is 10.1 Å². The second-order valence-corrected chi connectivity index (χ2v) is 8.23. The van der Waals surface area contributed by atoms with E-state index < -0.39 is 5.25 Å². The fraction of sp³-hybridized carbons (Fsp3) is 0.250. The number of carbonyl (C=O) groups is 2. The van der Waals surface area contributed by atoms with Crippen molar-refractivity contribution in [3.8, 4) is 5.75 Å². The molecule has 2 amide bonds. The largest absolute Gasteiger partial charge is 0.497 e. The van der Waals surface area contributed by atoms with Crippen LogP contribution in [-0.2, 0) is 9.59 Å². The number of amides is 2. The number of thioether (sulfide) groups is 1. The van der Waals surface area contributed by atoms with Crippen LogP contribution in [0.2, 0.25) is 10.0 Å². The molecule has 1 aliphatic heterocycles. The Hall–Kier alpha value is -2.22. The summed E-state index contributed by atoms with van der Waals surface area (Å²) >= 11 is 13.3. The molecule has 6 nitrogen and oxygen atoms in total. The van der Waals surface area contributed by atoms with E-state index in [1.54, 1.807) is 54.5 Å². The van der Waals surface area contributed by atoms with E-state index in [0.717, 1.165) is 0 Å². The third-order valence-electron chi connectivity index (χ3n) is 4.16. The van der Waals surface area contributed by atoms with Gasteiger partial charge in [0.25, 0.3) is 0 Å². The lowest BCUT2D eigenvalue weighted by molar-refractivity contribution is -0.129. The third kappa shape index (κ3) is 5.44. The summed E-state index contributed by atoms with van der Waals surface area (Å²) in [6.45, 7) is 2.30. The Labute approximate surface area is 183 Å². The van der Waals surface area contributed by atoms with E-state index in [9.17, 15) is 9.59 Å². The van der Waals surface area contributed by atoms with Gasteiger partial charge in [-0.25, -0.2) is 4.99 Å². The van der Waals surface area contributed by atoms with E-state index >= 15 is 0 Å². The van der Waals surface area contributed by atoms with E-state index in [2.05, 4.69) is 10.3 Å². The van der Waals surface area contributed by atoms with Gasteiger partial charge in [-0.2, -0.15) is 0 Å². The van der Waals surface area contributed by atoms with Gasteiger partial charge in [0.05, 0.1) is 12.8 Å². The maximum absolute atomic E-state index is 12.8. The van der Waals surface area contributed by atoms with Crippen molar-refractivity contribution < 1.29 is 14.3 Å². The molecule has 0 aliphatic carbocycles. The quantitative estimate of drug-likeness (QED) is 0.695. The summed E-state index contributed by atoms with van der Waals surface area (Å²) < 4.78 is 5.17. The summed E-state index contributed by atoms with van der Waals surface area (Å²) in [5.74, 6) is 0.195. The fourth-order valence-electron chi connectivity index (χ4n) is 2.79. The molecule has 1 heterocycles. The lowest BCUT2D eigenvalue weighted by Gasteiger charge is -2.31. The van der Waals surface area contributed by atoms with E-state index in [1.165, 1.54) is 11.8 Å².